The number of rotatable bonds is 6. The van der Waals surface area contributed by atoms with Crippen molar-refractivity contribution in [1.29, 1.82) is 0 Å². The van der Waals surface area contributed by atoms with Crippen molar-refractivity contribution in [3.63, 3.8) is 0 Å². The quantitative estimate of drug-likeness (QED) is 0.415. The van der Waals surface area contributed by atoms with Gasteiger partial charge in [-0.05, 0) is 50.4 Å². The van der Waals surface area contributed by atoms with Crippen LogP contribution in [0, 0.1) is 33.8 Å². The third kappa shape index (κ3) is 3.00. The molecule has 18 heavy (non-hydrogen) atoms. The van der Waals surface area contributed by atoms with Crippen LogP contribution in [0.1, 0.15) is 39.0 Å². The number of nitro groups is 1. The van der Waals surface area contributed by atoms with Crippen LogP contribution in [0.3, 0.4) is 0 Å². The Bertz CT molecular complexity index is 319. The maximum Gasteiger partial charge on any atom is 0.306 e. The summed E-state index contributed by atoms with van der Waals surface area (Å²) >= 11 is 0. The highest BCUT2D eigenvalue weighted by Gasteiger charge is 2.44. The third-order valence-corrected chi connectivity index (χ3v) is 4.57. The minimum atomic E-state index is -0.288. The van der Waals surface area contributed by atoms with Gasteiger partial charge in [0, 0.05) is 10.8 Å². The van der Waals surface area contributed by atoms with Crippen LogP contribution in [0.15, 0.2) is 0 Å². The van der Waals surface area contributed by atoms with Crippen LogP contribution < -0.4 is 0 Å². The normalized spacial score (nSPS) is 31.3. The van der Waals surface area contributed by atoms with Gasteiger partial charge in [0.15, 0.2) is 0 Å². The number of hydrogen-bond acceptors (Lipinski definition) is 4. The topological polar surface area (TPSA) is 69.4 Å². The van der Waals surface area contributed by atoms with E-state index in [1.54, 1.807) is 6.92 Å². The van der Waals surface area contributed by atoms with Crippen molar-refractivity contribution in [2.75, 3.05) is 13.2 Å². The second-order valence-corrected chi connectivity index (χ2v) is 5.61. The molecule has 0 aromatic rings. The molecular formula is C13H21NO4. The van der Waals surface area contributed by atoms with Crippen LogP contribution in [-0.2, 0) is 9.53 Å². The first-order valence-electron chi connectivity index (χ1n) is 6.87. The molecule has 2 aliphatic rings. The lowest BCUT2D eigenvalue weighted by Crippen LogP contribution is -2.25. The Labute approximate surface area is 107 Å². The fraction of sp³-hybridized carbons (Fsp3) is 0.923. The summed E-state index contributed by atoms with van der Waals surface area (Å²) in [5, 5.41) is 10.7. The molecule has 5 heteroatoms. The molecule has 5 nitrogen and oxygen atoms in total. The number of nitrogens with zero attached hydrogens (tertiary/aromatic N) is 1. The van der Waals surface area contributed by atoms with E-state index in [1.165, 1.54) is 12.8 Å². The van der Waals surface area contributed by atoms with E-state index < -0.39 is 0 Å². The molecule has 2 aliphatic carbocycles. The van der Waals surface area contributed by atoms with E-state index in [9.17, 15) is 14.9 Å². The zero-order chi connectivity index (χ0) is 13.1. The minimum Gasteiger partial charge on any atom is -0.466 e. The molecule has 0 aliphatic heterocycles. The summed E-state index contributed by atoms with van der Waals surface area (Å²) in [7, 11) is 0. The van der Waals surface area contributed by atoms with Gasteiger partial charge in [-0.1, -0.05) is 0 Å². The van der Waals surface area contributed by atoms with Gasteiger partial charge in [-0.2, -0.15) is 0 Å². The molecule has 0 aromatic carbocycles. The molecule has 1 unspecified atom stereocenters. The van der Waals surface area contributed by atoms with E-state index in [4.69, 9.17) is 4.74 Å². The zero-order valence-corrected chi connectivity index (χ0v) is 10.8. The van der Waals surface area contributed by atoms with E-state index >= 15 is 0 Å². The number of ether oxygens (including phenoxy) is 1. The first-order chi connectivity index (χ1) is 8.60. The number of fused-ring (bicyclic) bond motifs is 1. The Morgan fingerprint density at radius 2 is 2.00 bits per heavy atom. The van der Waals surface area contributed by atoms with Crippen molar-refractivity contribution >= 4 is 5.97 Å². The summed E-state index contributed by atoms with van der Waals surface area (Å²) in [4.78, 5) is 22.0. The molecular weight excluding hydrogens is 234 g/mol. The minimum absolute atomic E-state index is 0.0943. The second-order valence-electron chi connectivity index (χ2n) is 5.61. The van der Waals surface area contributed by atoms with Crippen LogP contribution in [0.5, 0.6) is 0 Å². The van der Waals surface area contributed by atoms with Gasteiger partial charge in [-0.3, -0.25) is 14.9 Å². The molecule has 0 radical (unpaired) electrons. The molecule has 2 saturated carbocycles. The van der Waals surface area contributed by atoms with Gasteiger partial charge in [0.05, 0.1) is 13.0 Å². The van der Waals surface area contributed by atoms with Gasteiger partial charge in [-0.15, -0.1) is 0 Å². The van der Waals surface area contributed by atoms with Gasteiger partial charge in [0.1, 0.15) is 0 Å². The van der Waals surface area contributed by atoms with E-state index in [2.05, 4.69) is 0 Å². The first-order valence-corrected chi connectivity index (χ1v) is 6.87. The monoisotopic (exact) mass is 255 g/mol. The maximum absolute atomic E-state index is 11.5. The highest BCUT2D eigenvalue weighted by atomic mass is 16.6. The smallest absolute Gasteiger partial charge is 0.306 e. The molecule has 0 aromatic heterocycles. The van der Waals surface area contributed by atoms with Crippen LogP contribution in [0.4, 0.5) is 0 Å². The standard InChI is InChI=1S/C13H21NO4/c1-2-18-13(15)7-12(8-14(16)17)11-5-9-3-4-10(9)6-11/h9-12H,2-8H2,1H3/t9-,10+,11?,12-/m1/s1. The van der Waals surface area contributed by atoms with Crippen molar-refractivity contribution in [3.05, 3.63) is 10.1 Å². The average molecular weight is 255 g/mol. The predicted octanol–water partition coefficient (Wildman–Crippen LogP) is 2.27. The molecule has 4 atom stereocenters. The van der Waals surface area contributed by atoms with E-state index in [0.717, 1.165) is 24.7 Å². The van der Waals surface area contributed by atoms with Crippen molar-refractivity contribution in [2.24, 2.45) is 23.7 Å². The van der Waals surface area contributed by atoms with Gasteiger partial charge >= 0.3 is 5.97 Å². The number of carbonyl (C=O) groups is 1. The lowest BCUT2D eigenvalue weighted by Gasteiger charge is -2.29. The van der Waals surface area contributed by atoms with Crippen LogP contribution in [-0.4, -0.2) is 24.0 Å². The SMILES string of the molecule is CCOC(=O)C[C@H](C[N+](=O)[O-])C1C[C@H]2CC[C@H]2C1. The van der Waals surface area contributed by atoms with Crippen molar-refractivity contribution in [1.82, 2.24) is 0 Å². The molecule has 0 heterocycles. The first kappa shape index (κ1) is 13.3. The summed E-state index contributed by atoms with van der Waals surface area (Å²) in [6, 6.07) is 0. The molecule has 0 saturated heterocycles. The molecule has 0 spiro atoms. The molecule has 102 valence electrons. The van der Waals surface area contributed by atoms with Crippen molar-refractivity contribution in [2.45, 2.75) is 39.0 Å². The Balaban J connectivity index is 1.91. The van der Waals surface area contributed by atoms with E-state index in [1.807, 2.05) is 0 Å². The Morgan fingerprint density at radius 1 is 1.39 bits per heavy atom. The Hall–Kier alpha value is -1.13. The fourth-order valence-corrected chi connectivity index (χ4v) is 3.52. The number of carbonyl (C=O) groups excluding carboxylic acids is 1. The van der Waals surface area contributed by atoms with Crippen molar-refractivity contribution < 1.29 is 14.5 Å². The molecule has 2 fully saturated rings. The zero-order valence-electron chi connectivity index (χ0n) is 10.8. The summed E-state index contributed by atoms with van der Waals surface area (Å²) < 4.78 is 4.92. The lowest BCUT2D eigenvalue weighted by molar-refractivity contribution is -0.490. The van der Waals surface area contributed by atoms with Crippen LogP contribution >= 0.6 is 0 Å². The molecule has 2 rings (SSSR count). The second kappa shape index (κ2) is 5.67. The average Bonchev–Trinajstić information content (AvgIpc) is 2.54. The Kier molecular flexibility index (Phi) is 4.19. The van der Waals surface area contributed by atoms with E-state index in [-0.39, 0.29) is 29.8 Å². The number of esters is 1. The molecule has 0 N–H and O–H groups in total. The summed E-state index contributed by atoms with van der Waals surface area (Å²) in [6.45, 7) is 2.01. The highest BCUT2D eigenvalue weighted by Crippen LogP contribution is 2.52. The molecule has 0 bridgehead atoms. The lowest BCUT2D eigenvalue weighted by atomic mass is 9.77. The predicted molar refractivity (Wildman–Crippen MR) is 65.5 cm³/mol. The van der Waals surface area contributed by atoms with Crippen LogP contribution in [0.25, 0.3) is 0 Å². The van der Waals surface area contributed by atoms with Gasteiger partial charge in [0.2, 0.25) is 6.54 Å². The highest BCUT2D eigenvalue weighted by molar-refractivity contribution is 5.69. The van der Waals surface area contributed by atoms with Gasteiger partial charge in [0.25, 0.3) is 0 Å². The van der Waals surface area contributed by atoms with Crippen LogP contribution in [0.2, 0.25) is 0 Å². The maximum atomic E-state index is 11.5. The largest absolute Gasteiger partial charge is 0.466 e. The summed E-state index contributed by atoms with van der Waals surface area (Å²) in [5.41, 5.74) is 0. The van der Waals surface area contributed by atoms with E-state index in [0.29, 0.717) is 12.5 Å². The summed E-state index contributed by atoms with van der Waals surface area (Å²) in [6.07, 6.45) is 4.89. The summed E-state index contributed by atoms with van der Waals surface area (Å²) in [5.74, 6) is 1.46. The van der Waals surface area contributed by atoms with Gasteiger partial charge in [-0.25, -0.2) is 0 Å². The Morgan fingerprint density at radius 3 is 2.44 bits per heavy atom. The number of hydrogen-bond donors (Lipinski definition) is 0. The van der Waals surface area contributed by atoms with Gasteiger partial charge < -0.3 is 4.74 Å². The third-order valence-electron chi connectivity index (χ3n) is 4.57. The molecule has 0 amide bonds. The fourth-order valence-electron chi connectivity index (χ4n) is 3.52. The van der Waals surface area contributed by atoms with Crippen molar-refractivity contribution in [3.8, 4) is 0 Å².